The zero-order valence-corrected chi connectivity index (χ0v) is 11.7. The lowest BCUT2D eigenvalue weighted by Gasteiger charge is -2.18. The van der Waals surface area contributed by atoms with E-state index in [0.717, 1.165) is 10.4 Å². The van der Waals surface area contributed by atoms with Gasteiger partial charge in [-0.25, -0.2) is 4.98 Å². The minimum Gasteiger partial charge on any atom is -0.333 e. The number of alkyl halides is 3. The summed E-state index contributed by atoms with van der Waals surface area (Å²) < 4.78 is 39.0. The number of carbonyl (C=O) groups is 1. The second-order valence-electron chi connectivity index (χ2n) is 4.81. The average Bonchev–Trinajstić information content (AvgIpc) is 2.96. The molecule has 0 N–H and O–H groups in total. The van der Waals surface area contributed by atoms with Crippen LogP contribution in [0.5, 0.6) is 0 Å². The zero-order valence-electron chi connectivity index (χ0n) is 10.9. The summed E-state index contributed by atoms with van der Waals surface area (Å²) in [4.78, 5) is 17.1. The van der Waals surface area contributed by atoms with E-state index in [1.54, 1.807) is 6.20 Å². The van der Waals surface area contributed by atoms with Crippen LogP contribution in [0.15, 0.2) is 35.7 Å². The maximum atomic E-state index is 12.4. The minimum absolute atomic E-state index is 0.138. The van der Waals surface area contributed by atoms with Gasteiger partial charge in [-0.3, -0.25) is 9.20 Å². The van der Waals surface area contributed by atoms with Crippen LogP contribution >= 0.6 is 11.8 Å². The molecule has 1 fully saturated rings. The van der Waals surface area contributed by atoms with Crippen LogP contribution in [0.4, 0.5) is 13.2 Å². The normalized spacial score (nSPS) is 19.7. The van der Waals surface area contributed by atoms with Gasteiger partial charge in [0.15, 0.2) is 5.16 Å². The Hall–Kier alpha value is -1.70. The molecule has 0 spiro atoms. The van der Waals surface area contributed by atoms with Gasteiger partial charge in [-0.05, 0) is 18.6 Å². The second kappa shape index (κ2) is 5.25. The number of aromatic nitrogens is 2. The molecule has 1 aliphatic rings. The number of fused-ring (bicyclic) bond motifs is 1. The van der Waals surface area contributed by atoms with Gasteiger partial charge in [-0.2, -0.15) is 13.2 Å². The van der Waals surface area contributed by atoms with Gasteiger partial charge in [-0.1, -0.05) is 17.8 Å². The lowest BCUT2D eigenvalue weighted by Crippen LogP contribution is -2.36. The number of hydrogen-bond acceptors (Lipinski definition) is 3. The first-order valence-corrected chi connectivity index (χ1v) is 7.26. The lowest BCUT2D eigenvalue weighted by atomic mass is 10.4. The van der Waals surface area contributed by atoms with Crippen LogP contribution in [0.25, 0.3) is 5.52 Å². The van der Waals surface area contributed by atoms with E-state index in [2.05, 4.69) is 4.98 Å². The van der Waals surface area contributed by atoms with E-state index in [1.807, 2.05) is 28.8 Å². The van der Waals surface area contributed by atoms with Crippen molar-refractivity contribution in [2.24, 2.45) is 0 Å². The van der Waals surface area contributed by atoms with E-state index < -0.39 is 23.9 Å². The van der Waals surface area contributed by atoms with Crippen molar-refractivity contribution in [2.45, 2.75) is 23.0 Å². The van der Waals surface area contributed by atoms with Gasteiger partial charge in [0.05, 0.1) is 17.0 Å². The van der Waals surface area contributed by atoms with E-state index >= 15 is 0 Å². The van der Waals surface area contributed by atoms with Crippen molar-refractivity contribution in [2.75, 3.05) is 13.1 Å². The molecule has 0 aromatic carbocycles. The van der Waals surface area contributed by atoms with Gasteiger partial charge in [0.25, 0.3) is 0 Å². The van der Waals surface area contributed by atoms with E-state index in [9.17, 15) is 18.0 Å². The monoisotopic (exact) mass is 315 g/mol. The summed E-state index contributed by atoms with van der Waals surface area (Å²) in [6.45, 7) is -1.04. The summed E-state index contributed by atoms with van der Waals surface area (Å²) in [5.41, 5.74) is 0.887. The largest absolute Gasteiger partial charge is 0.406 e. The lowest BCUT2D eigenvalue weighted by molar-refractivity contribution is -0.157. The molecule has 112 valence electrons. The van der Waals surface area contributed by atoms with Crippen molar-refractivity contribution < 1.29 is 18.0 Å². The van der Waals surface area contributed by atoms with Gasteiger partial charge in [0.1, 0.15) is 6.54 Å². The molecule has 0 aliphatic carbocycles. The number of amides is 1. The first-order chi connectivity index (χ1) is 9.94. The molecular weight excluding hydrogens is 303 g/mol. The Morgan fingerprint density at radius 3 is 2.95 bits per heavy atom. The number of pyridine rings is 1. The molecule has 3 heterocycles. The van der Waals surface area contributed by atoms with Crippen LogP contribution in [0, 0.1) is 0 Å². The molecule has 1 aliphatic heterocycles. The van der Waals surface area contributed by atoms with Crippen LogP contribution in [0.1, 0.15) is 6.42 Å². The molecule has 0 radical (unpaired) electrons. The molecule has 0 saturated carbocycles. The van der Waals surface area contributed by atoms with Crippen molar-refractivity contribution in [1.82, 2.24) is 14.3 Å². The van der Waals surface area contributed by atoms with E-state index in [0.29, 0.717) is 11.6 Å². The number of halogens is 3. The second-order valence-corrected chi connectivity index (χ2v) is 5.98. The van der Waals surface area contributed by atoms with Crippen molar-refractivity contribution >= 4 is 23.2 Å². The van der Waals surface area contributed by atoms with Crippen molar-refractivity contribution in [3.8, 4) is 0 Å². The fourth-order valence-electron chi connectivity index (χ4n) is 2.33. The van der Waals surface area contributed by atoms with Crippen LogP contribution in [-0.4, -0.2) is 44.7 Å². The highest BCUT2D eigenvalue weighted by Crippen LogP contribution is 2.31. The summed E-state index contributed by atoms with van der Waals surface area (Å²) in [5.74, 6) is -0.468. The van der Waals surface area contributed by atoms with Crippen molar-refractivity contribution in [3.05, 3.63) is 30.6 Å². The smallest absolute Gasteiger partial charge is 0.333 e. The fraction of sp³-hybridized carbons (Fsp3) is 0.385. The molecule has 0 bridgehead atoms. The SMILES string of the molecule is O=C1[C@@H](Sc2ncc3ccccn23)CCN1CC(F)(F)F. The number of rotatable bonds is 3. The minimum atomic E-state index is -4.35. The molecule has 1 atom stereocenters. The predicted octanol–water partition coefficient (Wildman–Crippen LogP) is 2.59. The van der Waals surface area contributed by atoms with E-state index in [4.69, 9.17) is 0 Å². The highest BCUT2D eigenvalue weighted by atomic mass is 32.2. The van der Waals surface area contributed by atoms with Gasteiger partial charge in [0.2, 0.25) is 5.91 Å². The summed E-state index contributed by atoms with van der Waals surface area (Å²) in [5, 5.41) is 0.121. The first kappa shape index (κ1) is 14.2. The highest BCUT2D eigenvalue weighted by Gasteiger charge is 2.40. The molecule has 1 saturated heterocycles. The summed E-state index contributed by atoms with van der Waals surface area (Å²) >= 11 is 1.22. The van der Waals surface area contributed by atoms with E-state index in [1.165, 1.54) is 11.8 Å². The number of carbonyl (C=O) groups excluding carboxylic acids is 1. The molecule has 0 unspecified atom stereocenters. The Kier molecular flexibility index (Phi) is 3.56. The fourth-order valence-corrected chi connectivity index (χ4v) is 3.45. The number of hydrogen-bond donors (Lipinski definition) is 0. The summed E-state index contributed by atoms with van der Waals surface area (Å²) in [6.07, 6.45) is -0.455. The first-order valence-electron chi connectivity index (χ1n) is 6.38. The van der Waals surface area contributed by atoms with Gasteiger partial charge < -0.3 is 4.90 Å². The van der Waals surface area contributed by atoms with Gasteiger partial charge >= 0.3 is 6.18 Å². The number of nitrogens with zero attached hydrogens (tertiary/aromatic N) is 3. The van der Waals surface area contributed by atoms with Crippen LogP contribution < -0.4 is 0 Å². The summed E-state index contributed by atoms with van der Waals surface area (Å²) in [7, 11) is 0. The quantitative estimate of drug-likeness (QED) is 0.874. The molecule has 3 rings (SSSR count). The molecule has 4 nitrogen and oxygen atoms in total. The van der Waals surface area contributed by atoms with Crippen LogP contribution in [0.3, 0.4) is 0 Å². The number of thioether (sulfide) groups is 1. The molecule has 21 heavy (non-hydrogen) atoms. The Morgan fingerprint density at radius 2 is 2.19 bits per heavy atom. The number of imidazole rings is 1. The Morgan fingerprint density at radius 1 is 1.38 bits per heavy atom. The average molecular weight is 315 g/mol. The molecule has 1 amide bonds. The molecule has 8 heteroatoms. The third kappa shape index (κ3) is 2.99. The van der Waals surface area contributed by atoms with Gasteiger partial charge in [0, 0.05) is 12.7 Å². The Balaban J connectivity index is 1.73. The van der Waals surface area contributed by atoms with E-state index in [-0.39, 0.29) is 6.54 Å². The molecule has 2 aromatic rings. The van der Waals surface area contributed by atoms with Crippen LogP contribution in [0.2, 0.25) is 0 Å². The van der Waals surface area contributed by atoms with Crippen LogP contribution in [-0.2, 0) is 4.79 Å². The maximum absolute atomic E-state index is 12.4. The third-order valence-corrected chi connectivity index (χ3v) is 4.51. The molecule has 2 aromatic heterocycles. The highest BCUT2D eigenvalue weighted by molar-refractivity contribution is 8.00. The molecular formula is C13H12F3N3OS. The van der Waals surface area contributed by atoms with Crippen molar-refractivity contribution in [3.63, 3.8) is 0 Å². The van der Waals surface area contributed by atoms with Gasteiger partial charge in [-0.15, -0.1) is 0 Å². The predicted molar refractivity (Wildman–Crippen MR) is 72.1 cm³/mol. The zero-order chi connectivity index (χ0) is 15.0. The summed E-state index contributed by atoms with van der Waals surface area (Å²) in [6, 6.07) is 5.59. The Labute approximate surface area is 122 Å². The topological polar surface area (TPSA) is 37.6 Å². The number of likely N-dealkylation sites (tertiary alicyclic amines) is 1. The Bertz CT molecular complexity index is 670. The van der Waals surface area contributed by atoms with Crippen molar-refractivity contribution in [1.29, 1.82) is 0 Å². The maximum Gasteiger partial charge on any atom is 0.406 e. The standard InChI is InChI=1S/C13H12F3N3OS/c14-13(15,16)8-18-6-4-10(11(18)20)21-12-17-7-9-3-1-2-5-19(9)12/h1-3,5,7,10H,4,6,8H2/t10-/m0/s1. The third-order valence-electron chi connectivity index (χ3n) is 3.27.